The number of benzene rings is 1. The van der Waals surface area contributed by atoms with Crippen LogP contribution in [-0.4, -0.2) is 32.5 Å². The van der Waals surface area contributed by atoms with Gasteiger partial charge in [-0.15, -0.1) is 0 Å². The molecular formula is C20H19N5O2. The maximum atomic E-state index is 12.3. The number of fused-ring (bicyclic) bond motifs is 1. The molecule has 0 atom stereocenters. The number of hydrogen-bond donors (Lipinski definition) is 2. The van der Waals surface area contributed by atoms with Gasteiger partial charge in [0.15, 0.2) is 0 Å². The Morgan fingerprint density at radius 1 is 1.30 bits per heavy atom. The van der Waals surface area contributed by atoms with E-state index in [-0.39, 0.29) is 5.91 Å². The van der Waals surface area contributed by atoms with Crippen molar-refractivity contribution in [2.24, 2.45) is 0 Å². The van der Waals surface area contributed by atoms with E-state index < -0.39 is 0 Å². The minimum atomic E-state index is -0.0441. The van der Waals surface area contributed by atoms with Crippen molar-refractivity contribution in [2.75, 3.05) is 7.11 Å². The van der Waals surface area contributed by atoms with E-state index in [9.17, 15) is 4.79 Å². The van der Waals surface area contributed by atoms with Gasteiger partial charge >= 0.3 is 0 Å². The first-order chi connectivity index (χ1) is 13.2. The van der Waals surface area contributed by atoms with E-state index in [1.807, 2.05) is 47.3 Å². The molecule has 27 heavy (non-hydrogen) atoms. The van der Waals surface area contributed by atoms with Crippen LogP contribution in [0.5, 0.6) is 5.75 Å². The van der Waals surface area contributed by atoms with Crippen LogP contribution in [0, 0.1) is 0 Å². The quantitative estimate of drug-likeness (QED) is 0.553. The van der Waals surface area contributed by atoms with Crippen molar-refractivity contribution in [3.8, 4) is 11.6 Å². The van der Waals surface area contributed by atoms with Gasteiger partial charge in [0.05, 0.1) is 13.5 Å². The number of aromatic amines is 1. The van der Waals surface area contributed by atoms with Crippen molar-refractivity contribution in [3.63, 3.8) is 0 Å². The summed E-state index contributed by atoms with van der Waals surface area (Å²) in [7, 11) is 1.63. The summed E-state index contributed by atoms with van der Waals surface area (Å²) in [6, 6.07) is 9.62. The second kappa shape index (κ2) is 7.33. The number of rotatable bonds is 6. The third-order valence-corrected chi connectivity index (χ3v) is 4.39. The summed E-state index contributed by atoms with van der Waals surface area (Å²) in [5, 5.41) is 3.94. The highest BCUT2D eigenvalue weighted by molar-refractivity contribution is 5.89. The first-order valence-corrected chi connectivity index (χ1v) is 8.57. The molecule has 3 aromatic heterocycles. The van der Waals surface area contributed by atoms with Gasteiger partial charge in [-0.1, -0.05) is 6.07 Å². The van der Waals surface area contributed by atoms with E-state index in [2.05, 4.69) is 20.3 Å². The molecule has 4 aromatic rings. The molecule has 3 heterocycles. The molecule has 136 valence electrons. The maximum absolute atomic E-state index is 12.3. The van der Waals surface area contributed by atoms with Crippen LogP contribution >= 0.6 is 0 Å². The van der Waals surface area contributed by atoms with E-state index >= 15 is 0 Å². The largest absolute Gasteiger partial charge is 0.497 e. The summed E-state index contributed by atoms with van der Waals surface area (Å²) in [6.07, 6.45) is 9.15. The lowest BCUT2D eigenvalue weighted by Crippen LogP contribution is -2.24. The monoisotopic (exact) mass is 361 g/mol. The number of methoxy groups -OCH3 is 1. The fourth-order valence-corrected chi connectivity index (χ4v) is 2.94. The number of carbonyl (C=O) groups is 1. The second-order valence-electron chi connectivity index (χ2n) is 6.17. The number of hydrogen-bond acceptors (Lipinski definition) is 4. The van der Waals surface area contributed by atoms with E-state index in [0.29, 0.717) is 13.0 Å². The minimum Gasteiger partial charge on any atom is -0.497 e. The van der Waals surface area contributed by atoms with Crippen molar-refractivity contribution in [3.05, 3.63) is 72.6 Å². The fraction of sp³-hybridized carbons (Fsp3) is 0.150. The van der Waals surface area contributed by atoms with Gasteiger partial charge in [0.1, 0.15) is 17.9 Å². The highest BCUT2D eigenvalue weighted by atomic mass is 16.5. The molecule has 0 bridgehead atoms. The van der Waals surface area contributed by atoms with E-state index in [1.165, 1.54) is 0 Å². The molecule has 0 aliphatic heterocycles. The van der Waals surface area contributed by atoms with Crippen LogP contribution in [0.2, 0.25) is 0 Å². The van der Waals surface area contributed by atoms with Crippen molar-refractivity contribution in [2.45, 2.75) is 13.0 Å². The van der Waals surface area contributed by atoms with Crippen LogP contribution in [0.1, 0.15) is 11.1 Å². The Balaban J connectivity index is 1.38. The van der Waals surface area contributed by atoms with Crippen molar-refractivity contribution in [1.29, 1.82) is 0 Å². The van der Waals surface area contributed by atoms with E-state index in [1.54, 1.807) is 25.8 Å². The summed E-state index contributed by atoms with van der Waals surface area (Å²) in [5.74, 6) is 1.51. The number of H-pyrrole nitrogens is 1. The zero-order chi connectivity index (χ0) is 18.6. The molecule has 1 amide bonds. The van der Waals surface area contributed by atoms with Crippen LogP contribution in [0.4, 0.5) is 0 Å². The minimum absolute atomic E-state index is 0.0441. The number of aromatic nitrogens is 4. The Hall–Kier alpha value is -3.61. The zero-order valence-electron chi connectivity index (χ0n) is 14.8. The van der Waals surface area contributed by atoms with Crippen molar-refractivity contribution in [1.82, 2.24) is 24.8 Å². The summed E-state index contributed by atoms with van der Waals surface area (Å²) < 4.78 is 7.09. The molecule has 0 spiro atoms. The molecule has 7 nitrogen and oxygen atoms in total. The zero-order valence-corrected chi connectivity index (χ0v) is 14.8. The van der Waals surface area contributed by atoms with Crippen LogP contribution in [0.25, 0.3) is 16.7 Å². The predicted molar refractivity (Wildman–Crippen MR) is 102 cm³/mol. The predicted octanol–water partition coefficient (Wildman–Crippen LogP) is 2.62. The van der Waals surface area contributed by atoms with Gasteiger partial charge in [0, 0.05) is 42.2 Å². The molecule has 2 N–H and O–H groups in total. The van der Waals surface area contributed by atoms with Gasteiger partial charge in [0.2, 0.25) is 5.91 Å². The molecule has 0 aliphatic rings. The van der Waals surface area contributed by atoms with E-state index in [4.69, 9.17) is 4.74 Å². The molecular weight excluding hydrogens is 342 g/mol. The number of imidazole rings is 1. The first kappa shape index (κ1) is 16.8. The van der Waals surface area contributed by atoms with Crippen molar-refractivity contribution >= 4 is 16.8 Å². The number of nitrogens with zero attached hydrogens (tertiary/aromatic N) is 3. The summed E-state index contributed by atoms with van der Waals surface area (Å²) in [6.45, 7) is 0.432. The topological polar surface area (TPSA) is 84.8 Å². The Labute approximate surface area is 156 Å². The molecule has 0 unspecified atom stereocenters. The number of carbonyl (C=O) groups excluding carboxylic acids is 1. The number of pyridine rings is 1. The van der Waals surface area contributed by atoms with Gasteiger partial charge in [-0.25, -0.2) is 9.97 Å². The average Bonchev–Trinajstić information content (AvgIpc) is 3.37. The summed E-state index contributed by atoms with van der Waals surface area (Å²) >= 11 is 0. The molecule has 7 heteroatoms. The third-order valence-electron chi connectivity index (χ3n) is 4.39. The fourth-order valence-electron chi connectivity index (χ4n) is 2.94. The lowest BCUT2D eigenvalue weighted by Gasteiger charge is -2.07. The van der Waals surface area contributed by atoms with Gasteiger partial charge in [-0.3, -0.25) is 9.36 Å². The van der Waals surface area contributed by atoms with Gasteiger partial charge in [0.25, 0.3) is 0 Å². The molecule has 1 aromatic carbocycles. The molecule has 0 saturated carbocycles. The Morgan fingerprint density at radius 2 is 2.22 bits per heavy atom. The lowest BCUT2D eigenvalue weighted by molar-refractivity contribution is -0.120. The van der Waals surface area contributed by atoms with Crippen LogP contribution in [0.15, 0.2) is 61.4 Å². The lowest BCUT2D eigenvalue weighted by atomic mass is 10.1. The average molecular weight is 361 g/mol. The standard InChI is InChI=1S/C20H19N5O2/c1-27-16-3-4-18-17(9-16)15(12-22-18)8-20(26)24-11-14-2-5-19(23-10-14)25-7-6-21-13-25/h2-7,9-10,12-13,22H,8,11H2,1H3,(H,24,26). The summed E-state index contributed by atoms with van der Waals surface area (Å²) in [4.78, 5) is 23.9. The molecule has 0 radical (unpaired) electrons. The smallest absolute Gasteiger partial charge is 0.224 e. The first-order valence-electron chi connectivity index (χ1n) is 8.57. The summed E-state index contributed by atoms with van der Waals surface area (Å²) in [5.41, 5.74) is 2.86. The van der Waals surface area contributed by atoms with Gasteiger partial charge < -0.3 is 15.0 Å². The molecule has 4 rings (SSSR count). The third kappa shape index (κ3) is 3.67. The molecule has 0 fully saturated rings. The highest BCUT2D eigenvalue weighted by Crippen LogP contribution is 2.23. The SMILES string of the molecule is COc1ccc2[nH]cc(CC(=O)NCc3ccc(-n4ccnc4)nc3)c2c1. The van der Waals surface area contributed by atoms with Crippen LogP contribution in [-0.2, 0) is 17.8 Å². The molecule has 0 saturated heterocycles. The Kier molecular flexibility index (Phi) is 4.57. The maximum Gasteiger partial charge on any atom is 0.224 e. The van der Waals surface area contributed by atoms with Gasteiger partial charge in [-0.05, 0) is 35.4 Å². The van der Waals surface area contributed by atoms with Crippen LogP contribution < -0.4 is 10.1 Å². The normalized spacial score (nSPS) is 10.9. The highest BCUT2D eigenvalue weighted by Gasteiger charge is 2.10. The van der Waals surface area contributed by atoms with E-state index in [0.717, 1.165) is 33.6 Å². The molecule has 0 aliphatic carbocycles. The van der Waals surface area contributed by atoms with Crippen molar-refractivity contribution < 1.29 is 9.53 Å². The van der Waals surface area contributed by atoms with Gasteiger partial charge in [-0.2, -0.15) is 0 Å². The number of amides is 1. The number of nitrogens with one attached hydrogen (secondary N) is 2. The second-order valence-corrected chi connectivity index (χ2v) is 6.17. The Morgan fingerprint density at radius 3 is 2.96 bits per heavy atom. The van der Waals surface area contributed by atoms with Crippen LogP contribution in [0.3, 0.4) is 0 Å². The Bertz CT molecular complexity index is 1050. The number of ether oxygens (including phenoxy) is 1.